The summed E-state index contributed by atoms with van der Waals surface area (Å²) in [7, 11) is 0. The van der Waals surface area contributed by atoms with E-state index in [0.29, 0.717) is 5.92 Å². The molecule has 0 radical (unpaired) electrons. The summed E-state index contributed by atoms with van der Waals surface area (Å²) in [6.07, 6.45) is 0. The molecule has 1 rings (SSSR count). The SMILES string of the molecule is CC(C)C1=NCSN1. The number of nitrogens with one attached hydrogen (secondary N) is 1. The molecule has 3 heteroatoms. The van der Waals surface area contributed by atoms with Gasteiger partial charge in [0.25, 0.3) is 0 Å². The van der Waals surface area contributed by atoms with E-state index >= 15 is 0 Å². The summed E-state index contributed by atoms with van der Waals surface area (Å²) in [5.41, 5.74) is 0. The average molecular weight is 130 g/mol. The summed E-state index contributed by atoms with van der Waals surface area (Å²) in [6.45, 7) is 4.27. The van der Waals surface area contributed by atoms with Crippen molar-refractivity contribution in [3.63, 3.8) is 0 Å². The highest BCUT2D eigenvalue weighted by molar-refractivity contribution is 7.98. The molecular weight excluding hydrogens is 120 g/mol. The van der Waals surface area contributed by atoms with Crippen molar-refractivity contribution < 1.29 is 0 Å². The van der Waals surface area contributed by atoms with Crippen LogP contribution in [0.5, 0.6) is 0 Å². The first-order valence-electron chi connectivity index (χ1n) is 2.73. The van der Waals surface area contributed by atoms with Crippen LogP contribution in [0.15, 0.2) is 4.99 Å². The minimum Gasteiger partial charge on any atom is -0.316 e. The zero-order valence-corrected chi connectivity index (χ0v) is 5.96. The van der Waals surface area contributed by atoms with Crippen LogP contribution in [0.1, 0.15) is 13.8 Å². The zero-order chi connectivity index (χ0) is 5.98. The maximum absolute atomic E-state index is 4.20. The maximum atomic E-state index is 4.20. The second-order valence-electron chi connectivity index (χ2n) is 2.07. The van der Waals surface area contributed by atoms with Crippen molar-refractivity contribution in [2.45, 2.75) is 13.8 Å². The second-order valence-corrected chi connectivity index (χ2v) is 2.82. The number of hydrogen-bond acceptors (Lipinski definition) is 3. The van der Waals surface area contributed by atoms with Gasteiger partial charge in [-0.2, -0.15) is 0 Å². The molecule has 0 saturated heterocycles. The van der Waals surface area contributed by atoms with Gasteiger partial charge in [0.1, 0.15) is 11.7 Å². The largest absolute Gasteiger partial charge is 0.316 e. The highest BCUT2D eigenvalue weighted by Crippen LogP contribution is 2.07. The molecule has 1 aliphatic heterocycles. The number of rotatable bonds is 1. The number of hydrogen-bond donors (Lipinski definition) is 1. The Hall–Kier alpha value is -0.180. The molecule has 0 amide bonds. The van der Waals surface area contributed by atoms with Gasteiger partial charge in [-0.1, -0.05) is 13.8 Å². The molecule has 0 aliphatic carbocycles. The fourth-order valence-corrected chi connectivity index (χ4v) is 1.26. The Kier molecular flexibility index (Phi) is 1.78. The second kappa shape index (κ2) is 2.40. The molecule has 0 saturated carbocycles. The Morgan fingerprint density at radius 3 is 2.75 bits per heavy atom. The molecule has 2 nitrogen and oxygen atoms in total. The normalized spacial score (nSPS) is 18.6. The van der Waals surface area contributed by atoms with E-state index in [-0.39, 0.29) is 0 Å². The van der Waals surface area contributed by atoms with E-state index in [2.05, 4.69) is 23.6 Å². The smallest absolute Gasteiger partial charge is 0.110 e. The third-order valence-corrected chi connectivity index (χ3v) is 1.63. The van der Waals surface area contributed by atoms with Crippen LogP contribution in [0.3, 0.4) is 0 Å². The Balaban J connectivity index is 2.45. The summed E-state index contributed by atoms with van der Waals surface area (Å²) in [5.74, 6) is 2.58. The zero-order valence-electron chi connectivity index (χ0n) is 5.14. The van der Waals surface area contributed by atoms with Gasteiger partial charge in [0.05, 0.1) is 0 Å². The fourth-order valence-electron chi connectivity index (χ4n) is 0.541. The molecule has 0 spiro atoms. The van der Waals surface area contributed by atoms with Crippen molar-refractivity contribution in [3.05, 3.63) is 0 Å². The lowest BCUT2D eigenvalue weighted by Crippen LogP contribution is -2.17. The molecule has 0 atom stereocenters. The number of nitrogens with zero attached hydrogens (tertiary/aromatic N) is 1. The van der Waals surface area contributed by atoms with E-state index in [0.717, 1.165) is 11.7 Å². The molecule has 8 heavy (non-hydrogen) atoms. The van der Waals surface area contributed by atoms with Gasteiger partial charge in [-0.25, -0.2) is 0 Å². The van der Waals surface area contributed by atoms with Crippen molar-refractivity contribution in [1.29, 1.82) is 0 Å². The van der Waals surface area contributed by atoms with Crippen LogP contribution in [0.2, 0.25) is 0 Å². The Morgan fingerprint density at radius 2 is 2.50 bits per heavy atom. The molecule has 0 bridgehead atoms. The molecule has 1 aliphatic rings. The van der Waals surface area contributed by atoms with Gasteiger partial charge in [-0.15, -0.1) is 0 Å². The van der Waals surface area contributed by atoms with Gasteiger partial charge in [0, 0.05) is 5.92 Å². The first kappa shape index (κ1) is 5.95. The number of amidine groups is 1. The van der Waals surface area contributed by atoms with Gasteiger partial charge in [0.15, 0.2) is 0 Å². The van der Waals surface area contributed by atoms with Crippen LogP contribution in [-0.4, -0.2) is 11.7 Å². The van der Waals surface area contributed by atoms with Gasteiger partial charge >= 0.3 is 0 Å². The van der Waals surface area contributed by atoms with Gasteiger partial charge in [0.2, 0.25) is 0 Å². The molecule has 0 fully saturated rings. The van der Waals surface area contributed by atoms with E-state index in [1.54, 1.807) is 11.9 Å². The van der Waals surface area contributed by atoms with Crippen LogP contribution < -0.4 is 4.72 Å². The van der Waals surface area contributed by atoms with Crippen molar-refractivity contribution in [1.82, 2.24) is 4.72 Å². The summed E-state index contributed by atoms with van der Waals surface area (Å²) < 4.78 is 3.12. The Morgan fingerprint density at radius 1 is 1.75 bits per heavy atom. The van der Waals surface area contributed by atoms with Crippen LogP contribution >= 0.6 is 11.9 Å². The number of aliphatic imine (C=N–C) groups is 1. The lowest BCUT2D eigenvalue weighted by atomic mass is 10.2. The lowest BCUT2D eigenvalue weighted by molar-refractivity contribution is 0.865. The lowest BCUT2D eigenvalue weighted by Gasteiger charge is -2.01. The summed E-state index contributed by atoms with van der Waals surface area (Å²) >= 11 is 1.66. The predicted molar refractivity (Wildman–Crippen MR) is 37.9 cm³/mol. The standard InChI is InChI=1S/C5H10N2S/c1-4(2)5-6-3-8-7-5/h4H,3H2,1-2H3,(H,6,7). The molecular formula is C5H10N2S. The Labute approximate surface area is 53.9 Å². The van der Waals surface area contributed by atoms with E-state index < -0.39 is 0 Å². The molecule has 46 valence electrons. The van der Waals surface area contributed by atoms with Gasteiger partial charge in [-0.3, -0.25) is 4.99 Å². The molecule has 1 N–H and O–H groups in total. The fraction of sp³-hybridized carbons (Fsp3) is 0.800. The van der Waals surface area contributed by atoms with Crippen molar-refractivity contribution >= 4 is 17.8 Å². The highest BCUT2D eigenvalue weighted by Gasteiger charge is 2.07. The van der Waals surface area contributed by atoms with Crippen molar-refractivity contribution in [2.75, 3.05) is 5.88 Å². The monoisotopic (exact) mass is 130 g/mol. The predicted octanol–water partition coefficient (Wildman–Crippen LogP) is 1.25. The molecule has 1 heterocycles. The maximum Gasteiger partial charge on any atom is 0.110 e. The summed E-state index contributed by atoms with van der Waals surface area (Å²) in [5, 5.41) is 0. The van der Waals surface area contributed by atoms with Crippen molar-refractivity contribution in [2.24, 2.45) is 10.9 Å². The molecule has 0 aromatic carbocycles. The van der Waals surface area contributed by atoms with Crippen LogP contribution in [0.4, 0.5) is 0 Å². The van der Waals surface area contributed by atoms with E-state index in [9.17, 15) is 0 Å². The van der Waals surface area contributed by atoms with Crippen molar-refractivity contribution in [3.8, 4) is 0 Å². The minimum atomic E-state index is 0.560. The first-order valence-corrected chi connectivity index (χ1v) is 3.71. The highest BCUT2D eigenvalue weighted by atomic mass is 32.2. The quantitative estimate of drug-likeness (QED) is 0.540. The average Bonchev–Trinajstić information content (AvgIpc) is 2.12. The summed E-state index contributed by atoms with van der Waals surface area (Å²) in [6, 6.07) is 0. The molecule has 0 aromatic heterocycles. The topological polar surface area (TPSA) is 24.4 Å². The van der Waals surface area contributed by atoms with E-state index in [4.69, 9.17) is 0 Å². The molecule has 0 aromatic rings. The van der Waals surface area contributed by atoms with Gasteiger partial charge in [-0.05, 0) is 11.9 Å². The Bertz CT molecular complexity index is 109. The van der Waals surface area contributed by atoms with E-state index in [1.165, 1.54) is 0 Å². The first-order chi connectivity index (χ1) is 3.80. The van der Waals surface area contributed by atoms with E-state index in [1.807, 2.05) is 0 Å². The van der Waals surface area contributed by atoms with Crippen LogP contribution in [0, 0.1) is 5.92 Å². The van der Waals surface area contributed by atoms with Crippen LogP contribution in [0.25, 0.3) is 0 Å². The minimum absolute atomic E-state index is 0.560. The third-order valence-electron chi connectivity index (χ3n) is 1.02. The van der Waals surface area contributed by atoms with Gasteiger partial charge < -0.3 is 4.72 Å². The van der Waals surface area contributed by atoms with Crippen LogP contribution in [-0.2, 0) is 0 Å². The molecule has 0 unspecified atom stereocenters. The third kappa shape index (κ3) is 1.15. The summed E-state index contributed by atoms with van der Waals surface area (Å²) in [4.78, 5) is 4.20.